The number of rotatable bonds is 5. The Balaban J connectivity index is 2.58. The number of aromatic amines is 2. The molecule has 11 nitrogen and oxygen atoms in total. The molecule has 2 aromatic rings. The number of hydrogen-bond donors (Lipinski definition) is 3. The third kappa shape index (κ3) is 3.80. The topological polar surface area (TPSA) is 164 Å². The fraction of sp³-hybridized carbons (Fsp3) is 0.143. The number of nitrogens with one attached hydrogen (secondary N) is 3. The van der Waals surface area contributed by atoms with E-state index in [1.165, 1.54) is 6.07 Å². The van der Waals surface area contributed by atoms with E-state index < -0.39 is 38.1 Å². The van der Waals surface area contributed by atoms with Crippen molar-refractivity contribution >= 4 is 27.6 Å². The van der Waals surface area contributed by atoms with E-state index in [9.17, 15) is 27.6 Å². The molecule has 0 radical (unpaired) electrons. The first-order valence-electron chi connectivity index (χ1n) is 6.85. The first kappa shape index (κ1) is 18.9. The quantitative estimate of drug-likeness (QED) is 0.578. The van der Waals surface area contributed by atoms with Gasteiger partial charge in [-0.25, -0.2) is 22.8 Å². The lowest BCUT2D eigenvalue weighted by atomic mass is 10.1. The van der Waals surface area contributed by atoms with Gasteiger partial charge in [0, 0.05) is 6.20 Å². The molecule has 0 aliphatic rings. The maximum absolute atomic E-state index is 12.4. The summed E-state index contributed by atoms with van der Waals surface area (Å²) in [6.45, 7) is 0. The minimum Gasteiger partial charge on any atom is -0.465 e. The molecule has 0 spiro atoms. The van der Waals surface area contributed by atoms with E-state index in [0.29, 0.717) is 6.20 Å². The maximum atomic E-state index is 12.4. The average Bonchev–Trinajstić information content (AvgIpc) is 2.59. The second-order valence-electron chi connectivity index (χ2n) is 4.79. The minimum absolute atomic E-state index is 0.0479. The Morgan fingerprint density at radius 2 is 1.73 bits per heavy atom. The van der Waals surface area contributed by atoms with Gasteiger partial charge in [-0.2, -0.15) is 0 Å². The van der Waals surface area contributed by atoms with Gasteiger partial charge in [0.2, 0.25) is 0 Å². The van der Waals surface area contributed by atoms with E-state index in [1.54, 1.807) is 4.98 Å². The molecule has 0 saturated heterocycles. The molecule has 0 atom stereocenters. The van der Waals surface area contributed by atoms with Gasteiger partial charge in [0.25, 0.3) is 15.6 Å². The van der Waals surface area contributed by atoms with Gasteiger partial charge in [-0.15, -0.1) is 0 Å². The smallest absolute Gasteiger partial charge is 0.339 e. The largest absolute Gasteiger partial charge is 0.465 e. The number of benzene rings is 1. The number of sulfonamides is 1. The van der Waals surface area contributed by atoms with Crippen molar-refractivity contribution in [2.24, 2.45) is 0 Å². The molecule has 0 amide bonds. The molecule has 26 heavy (non-hydrogen) atoms. The highest BCUT2D eigenvalue weighted by Crippen LogP contribution is 2.22. The van der Waals surface area contributed by atoms with Crippen molar-refractivity contribution in [2.45, 2.75) is 4.90 Å². The molecule has 0 bridgehead atoms. The van der Waals surface area contributed by atoms with Crippen molar-refractivity contribution in [3.05, 3.63) is 56.4 Å². The number of hydrogen-bond acceptors (Lipinski definition) is 8. The normalized spacial score (nSPS) is 10.8. The number of carbonyl (C=O) groups excluding carboxylic acids is 2. The molecule has 0 aliphatic heterocycles. The number of anilines is 1. The van der Waals surface area contributed by atoms with Crippen LogP contribution < -0.4 is 16.0 Å². The Bertz CT molecular complexity index is 1080. The summed E-state index contributed by atoms with van der Waals surface area (Å²) in [5, 5.41) is 0. The Labute approximate surface area is 146 Å². The van der Waals surface area contributed by atoms with Crippen LogP contribution in [0, 0.1) is 0 Å². The molecule has 2 rings (SSSR count). The lowest BCUT2D eigenvalue weighted by molar-refractivity contribution is 0.0587. The second kappa shape index (κ2) is 7.23. The van der Waals surface area contributed by atoms with E-state index in [-0.39, 0.29) is 16.8 Å². The van der Waals surface area contributed by atoms with Crippen LogP contribution in [-0.4, -0.2) is 44.5 Å². The van der Waals surface area contributed by atoms with Crippen LogP contribution in [0.25, 0.3) is 0 Å². The maximum Gasteiger partial charge on any atom is 0.339 e. The number of aromatic nitrogens is 2. The van der Waals surface area contributed by atoms with Crippen molar-refractivity contribution < 1.29 is 27.5 Å². The van der Waals surface area contributed by atoms with E-state index in [1.807, 2.05) is 9.71 Å². The van der Waals surface area contributed by atoms with Gasteiger partial charge in [-0.1, -0.05) is 0 Å². The predicted octanol–water partition coefficient (Wildman–Crippen LogP) is -0.563. The number of methoxy groups -OCH3 is 2. The van der Waals surface area contributed by atoms with Crippen molar-refractivity contribution in [1.29, 1.82) is 0 Å². The third-order valence-electron chi connectivity index (χ3n) is 3.17. The zero-order valence-electron chi connectivity index (χ0n) is 13.5. The summed E-state index contributed by atoms with van der Waals surface area (Å²) in [6, 6.07) is 3.45. The van der Waals surface area contributed by atoms with Gasteiger partial charge in [-0.3, -0.25) is 14.5 Å². The summed E-state index contributed by atoms with van der Waals surface area (Å²) >= 11 is 0. The lowest BCUT2D eigenvalue weighted by Crippen LogP contribution is -2.29. The Kier molecular flexibility index (Phi) is 5.26. The monoisotopic (exact) mass is 383 g/mol. The summed E-state index contributed by atoms with van der Waals surface area (Å²) in [4.78, 5) is 49.2. The van der Waals surface area contributed by atoms with E-state index in [0.717, 1.165) is 26.4 Å². The number of H-pyrrole nitrogens is 2. The minimum atomic E-state index is -4.50. The Morgan fingerprint density at radius 3 is 2.31 bits per heavy atom. The van der Waals surface area contributed by atoms with Crippen LogP contribution >= 0.6 is 0 Å². The lowest BCUT2D eigenvalue weighted by Gasteiger charge is -2.12. The van der Waals surface area contributed by atoms with Gasteiger partial charge in [0.05, 0.1) is 31.0 Å². The first-order valence-corrected chi connectivity index (χ1v) is 8.33. The van der Waals surface area contributed by atoms with Gasteiger partial charge in [0.1, 0.15) is 0 Å². The molecular formula is C14H13N3O8S. The van der Waals surface area contributed by atoms with Gasteiger partial charge in [-0.05, 0) is 18.2 Å². The van der Waals surface area contributed by atoms with Gasteiger partial charge < -0.3 is 14.5 Å². The van der Waals surface area contributed by atoms with Crippen LogP contribution in [0.1, 0.15) is 20.7 Å². The fourth-order valence-corrected chi connectivity index (χ4v) is 3.04. The highest BCUT2D eigenvalue weighted by Gasteiger charge is 2.23. The zero-order chi connectivity index (χ0) is 19.5. The van der Waals surface area contributed by atoms with E-state index in [2.05, 4.69) is 9.47 Å². The number of carbonyl (C=O) groups is 2. The zero-order valence-corrected chi connectivity index (χ0v) is 14.3. The van der Waals surface area contributed by atoms with Crippen LogP contribution in [0.3, 0.4) is 0 Å². The van der Waals surface area contributed by atoms with Crippen molar-refractivity contribution in [2.75, 3.05) is 18.9 Å². The second-order valence-corrected chi connectivity index (χ2v) is 6.44. The standard InChI is InChI=1S/C14H13N3O8S/c1-24-12(19)7-3-4-8(13(20)25-2)9(5-7)17-26(22,23)10-6-15-14(21)16-11(10)18/h3-6,17H,1-2H3,(H2,15,16,18,21). The molecule has 0 saturated carbocycles. The van der Waals surface area contributed by atoms with Crippen molar-refractivity contribution in [3.63, 3.8) is 0 Å². The molecule has 1 aromatic heterocycles. The molecule has 1 heterocycles. The van der Waals surface area contributed by atoms with Gasteiger partial charge >= 0.3 is 17.6 Å². The summed E-state index contributed by atoms with van der Waals surface area (Å²) in [5.41, 5.74) is -2.62. The summed E-state index contributed by atoms with van der Waals surface area (Å²) in [7, 11) is -2.29. The summed E-state index contributed by atoms with van der Waals surface area (Å²) in [5.74, 6) is -1.65. The molecule has 1 aromatic carbocycles. The molecule has 0 unspecified atom stereocenters. The van der Waals surface area contributed by atoms with E-state index in [4.69, 9.17) is 0 Å². The molecule has 138 valence electrons. The SMILES string of the molecule is COC(=O)c1ccc(C(=O)OC)c(NS(=O)(=O)c2c[nH]c(=O)[nH]c2=O)c1. The molecule has 0 fully saturated rings. The summed E-state index contributed by atoms with van der Waals surface area (Å²) < 4.78 is 36.0. The van der Waals surface area contributed by atoms with Crippen LogP contribution in [0.4, 0.5) is 5.69 Å². The van der Waals surface area contributed by atoms with Crippen LogP contribution in [0.2, 0.25) is 0 Å². The Morgan fingerprint density at radius 1 is 1.08 bits per heavy atom. The predicted molar refractivity (Wildman–Crippen MR) is 87.6 cm³/mol. The molecule has 3 N–H and O–H groups in total. The third-order valence-corrected chi connectivity index (χ3v) is 4.54. The average molecular weight is 383 g/mol. The highest BCUT2D eigenvalue weighted by atomic mass is 32.2. The van der Waals surface area contributed by atoms with Crippen LogP contribution in [-0.2, 0) is 19.5 Å². The number of ether oxygens (including phenoxy) is 2. The van der Waals surface area contributed by atoms with E-state index >= 15 is 0 Å². The molecule has 0 aliphatic carbocycles. The summed E-state index contributed by atoms with van der Waals surface area (Å²) in [6.07, 6.45) is 0.700. The fourth-order valence-electron chi connectivity index (χ4n) is 1.96. The van der Waals surface area contributed by atoms with Crippen molar-refractivity contribution in [1.82, 2.24) is 9.97 Å². The highest BCUT2D eigenvalue weighted by molar-refractivity contribution is 7.92. The van der Waals surface area contributed by atoms with Crippen LogP contribution in [0.15, 0.2) is 38.9 Å². The van der Waals surface area contributed by atoms with Gasteiger partial charge in [0.15, 0.2) is 4.90 Å². The molecular weight excluding hydrogens is 370 g/mol. The van der Waals surface area contributed by atoms with Crippen molar-refractivity contribution in [3.8, 4) is 0 Å². The molecule has 12 heteroatoms. The number of esters is 2. The Hall–Kier alpha value is -3.41. The van der Waals surface area contributed by atoms with Crippen LogP contribution in [0.5, 0.6) is 0 Å². The first-order chi connectivity index (χ1) is 12.2.